The Labute approximate surface area is 323 Å². The molecule has 4 N–H and O–H groups in total. The van der Waals surface area contributed by atoms with E-state index in [0.29, 0.717) is 82.4 Å². The number of amides is 1. The number of hydrogen-bond acceptors (Lipinski definition) is 11. The van der Waals surface area contributed by atoms with Crippen molar-refractivity contribution in [3.8, 4) is 34.3 Å². The highest BCUT2D eigenvalue weighted by Gasteiger charge is 2.34. The van der Waals surface area contributed by atoms with Crippen molar-refractivity contribution in [2.75, 3.05) is 62.2 Å². The number of aromatic hydroxyl groups is 2. The van der Waals surface area contributed by atoms with Crippen molar-refractivity contribution in [2.24, 2.45) is 5.41 Å². The molecular weight excluding hydrogens is 719 g/mol. The molecule has 8 rings (SSSR count). The first-order valence-corrected chi connectivity index (χ1v) is 18.6. The first kappa shape index (κ1) is 38.3. The molecule has 2 fully saturated rings. The van der Waals surface area contributed by atoms with E-state index in [2.05, 4.69) is 30.2 Å². The van der Waals surface area contributed by atoms with Crippen molar-refractivity contribution in [1.82, 2.24) is 30.2 Å². The number of phenolic OH excluding ortho intramolecular Hbond substituents is 2. The number of aliphatic hydroxyl groups is 1. The number of anilines is 2. The second-order valence-electron chi connectivity index (χ2n) is 14.9. The number of aromatic nitrogens is 4. The maximum Gasteiger partial charge on any atom is 0.252 e. The molecule has 290 valence electrons. The summed E-state index contributed by atoms with van der Waals surface area (Å²) in [6, 6.07) is 22.7. The predicted octanol–water partition coefficient (Wildman–Crippen LogP) is 5.75. The molecule has 4 heterocycles. The summed E-state index contributed by atoms with van der Waals surface area (Å²) in [7, 11) is 0. The smallest absolute Gasteiger partial charge is 0.252 e. The van der Waals surface area contributed by atoms with Crippen molar-refractivity contribution < 1.29 is 28.9 Å². The van der Waals surface area contributed by atoms with E-state index in [1.54, 1.807) is 59.5 Å². The van der Waals surface area contributed by atoms with Crippen LogP contribution >= 0.6 is 0 Å². The van der Waals surface area contributed by atoms with Crippen LogP contribution in [0.3, 0.4) is 0 Å². The summed E-state index contributed by atoms with van der Waals surface area (Å²) in [5.74, 6) is 1.26. The number of nitrogens with one attached hydrogen (secondary N) is 1. The molecule has 1 atom stereocenters. The largest absolute Gasteiger partial charge is 0.507 e. The van der Waals surface area contributed by atoms with E-state index in [4.69, 9.17) is 0 Å². The number of aliphatic hydroxyl groups excluding tert-OH is 1. The quantitative estimate of drug-likeness (QED) is 0.170. The number of phenols is 2. The zero-order valence-electron chi connectivity index (χ0n) is 31.5. The zero-order chi connectivity index (χ0) is 39.6. The molecule has 0 saturated carbocycles. The topological polar surface area (TPSA) is 151 Å². The van der Waals surface area contributed by atoms with Gasteiger partial charge in [-0.2, -0.15) is 0 Å². The van der Waals surface area contributed by atoms with Gasteiger partial charge in [-0.25, -0.2) is 28.7 Å². The van der Waals surface area contributed by atoms with Crippen LogP contribution in [0.5, 0.6) is 11.5 Å². The van der Waals surface area contributed by atoms with E-state index in [1.807, 2.05) is 31.7 Å². The number of nitrogens with zero attached hydrogens (tertiary/aromatic N) is 7. The van der Waals surface area contributed by atoms with Gasteiger partial charge in [0.2, 0.25) is 0 Å². The van der Waals surface area contributed by atoms with Gasteiger partial charge in [0, 0.05) is 63.1 Å². The van der Waals surface area contributed by atoms with Gasteiger partial charge in [-0.05, 0) is 66.1 Å². The maximum absolute atomic E-state index is 14.0. The molecule has 2 saturated heterocycles. The Morgan fingerprint density at radius 3 is 1.55 bits per heavy atom. The molecule has 6 aromatic rings. The summed E-state index contributed by atoms with van der Waals surface area (Å²) in [5, 5.41) is 35.3. The van der Waals surface area contributed by atoms with Crippen LogP contribution in [0.1, 0.15) is 20.8 Å². The van der Waals surface area contributed by atoms with E-state index >= 15 is 0 Å². The Balaban J connectivity index is 0.000000178. The fourth-order valence-corrected chi connectivity index (χ4v) is 6.78. The Kier molecular flexibility index (Phi) is 10.9. The Hall–Kier alpha value is -5.99. The zero-order valence-corrected chi connectivity index (χ0v) is 31.5. The molecule has 2 aromatic heterocycles. The Morgan fingerprint density at radius 1 is 0.661 bits per heavy atom. The minimum Gasteiger partial charge on any atom is -0.507 e. The van der Waals surface area contributed by atoms with E-state index < -0.39 is 11.5 Å². The van der Waals surface area contributed by atoms with Gasteiger partial charge in [-0.3, -0.25) is 4.79 Å². The summed E-state index contributed by atoms with van der Waals surface area (Å²) in [6.45, 7) is 10.6. The lowest BCUT2D eigenvalue weighted by Gasteiger charge is -2.38. The Bertz CT molecular complexity index is 2380. The van der Waals surface area contributed by atoms with Crippen LogP contribution in [0.25, 0.3) is 44.6 Å². The molecular formula is C42H44F2N8O4. The van der Waals surface area contributed by atoms with E-state index in [1.165, 1.54) is 24.3 Å². The van der Waals surface area contributed by atoms with E-state index in [0.717, 1.165) is 26.2 Å². The monoisotopic (exact) mass is 762 g/mol. The highest BCUT2D eigenvalue weighted by molar-refractivity contribution is 5.93. The SMILES string of the molecule is CC(C)(C)[C@H](O)C(=O)N1CCN(c2nc(-c3ccccc3O)nc3ccc(F)cc23)CC1.Oc1ccccc1-c1nc(N2CCNCC2)c2cc(F)ccc2n1. The highest BCUT2D eigenvalue weighted by atomic mass is 19.1. The number of carbonyl (C=O) groups excluding carboxylic acids is 1. The first-order chi connectivity index (χ1) is 26.9. The molecule has 14 heteroatoms. The number of fused-ring (bicyclic) bond motifs is 2. The van der Waals surface area contributed by atoms with Crippen LogP contribution in [0, 0.1) is 17.0 Å². The number of para-hydroxylation sites is 2. The molecule has 4 aromatic carbocycles. The number of carbonyl (C=O) groups is 1. The van der Waals surface area contributed by atoms with Gasteiger partial charge in [0.1, 0.15) is 40.9 Å². The van der Waals surface area contributed by atoms with Gasteiger partial charge in [-0.1, -0.05) is 45.0 Å². The van der Waals surface area contributed by atoms with Crippen molar-refractivity contribution >= 4 is 39.3 Å². The van der Waals surface area contributed by atoms with Gasteiger partial charge in [0.25, 0.3) is 5.91 Å². The summed E-state index contributed by atoms with van der Waals surface area (Å²) >= 11 is 0. The fourth-order valence-electron chi connectivity index (χ4n) is 6.78. The standard InChI is InChI=1S/C24H27FN4O3.C18H17FN4O/c1-24(2,3)20(31)23(32)29-12-10-28(11-13-29)22-17-14-15(25)8-9-18(17)26-21(27-22)16-6-4-5-7-19(16)30;19-12-5-6-15-14(11-12)18(23-9-7-20-8-10-23)22-17(21-15)13-3-1-2-4-16(13)24/h4-9,14,20,30-31H,10-13H2,1-3H3;1-6,11,20,24H,7-10H2/t20-;/m1./s1. The maximum atomic E-state index is 14.0. The predicted molar refractivity (Wildman–Crippen MR) is 213 cm³/mol. The summed E-state index contributed by atoms with van der Waals surface area (Å²) in [4.78, 5) is 36.8. The van der Waals surface area contributed by atoms with Gasteiger partial charge in [-0.15, -0.1) is 0 Å². The van der Waals surface area contributed by atoms with Crippen LogP contribution in [0.4, 0.5) is 20.4 Å². The number of piperazine rings is 2. The lowest BCUT2D eigenvalue weighted by atomic mass is 9.88. The van der Waals surface area contributed by atoms with E-state index in [-0.39, 0.29) is 29.0 Å². The molecule has 1 amide bonds. The molecule has 0 bridgehead atoms. The van der Waals surface area contributed by atoms with E-state index in [9.17, 15) is 28.9 Å². The second-order valence-corrected chi connectivity index (χ2v) is 14.9. The van der Waals surface area contributed by atoms with Gasteiger partial charge < -0.3 is 35.3 Å². The molecule has 2 aliphatic heterocycles. The van der Waals surface area contributed by atoms with Gasteiger partial charge in [0.15, 0.2) is 11.6 Å². The molecule has 0 spiro atoms. The first-order valence-electron chi connectivity index (χ1n) is 18.6. The van der Waals surface area contributed by atoms with Crippen molar-refractivity contribution in [1.29, 1.82) is 0 Å². The third-order valence-corrected chi connectivity index (χ3v) is 9.93. The summed E-state index contributed by atoms with van der Waals surface area (Å²) < 4.78 is 27.8. The number of hydrogen-bond donors (Lipinski definition) is 4. The minimum absolute atomic E-state index is 0.0616. The van der Waals surface area contributed by atoms with Crippen molar-refractivity contribution in [2.45, 2.75) is 26.9 Å². The Morgan fingerprint density at radius 2 is 1.11 bits per heavy atom. The van der Waals surface area contributed by atoms with Gasteiger partial charge in [0.05, 0.1) is 22.2 Å². The van der Waals surface area contributed by atoms with Crippen LogP contribution in [-0.4, -0.2) is 105 Å². The highest BCUT2D eigenvalue weighted by Crippen LogP contribution is 2.34. The van der Waals surface area contributed by atoms with Crippen LogP contribution in [-0.2, 0) is 4.79 Å². The average Bonchev–Trinajstić information content (AvgIpc) is 3.20. The lowest BCUT2D eigenvalue weighted by Crippen LogP contribution is -2.53. The molecule has 2 aliphatic rings. The molecule has 0 unspecified atom stereocenters. The van der Waals surface area contributed by atoms with Crippen LogP contribution in [0.2, 0.25) is 0 Å². The third kappa shape index (κ3) is 8.16. The number of halogens is 2. The third-order valence-electron chi connectivity index (χ3n) is 9.93. The van der Waals surface area contributed by atoms with Crippen molar-refractivity contribution in [3.05, 3.63) is 96.6 Å². The number of benzene rings is 4. The molecule has 12 nitrogen and oxygen atoms in total. The van der Waals surface area contributed by atoms with Gasteiger partial charge >= 0.3 is 0 Å². The van der Waals surface area contributed by atoms with Crippen molar-refractivity contribution in [3.63, 3.8) is 0 Å². The fraction of sp³-hybridized carbons (Fsp3) is 0.310. The average molecular weight is 763 g/mol. The molecule has 56 heavy (non-hydrogen) atoms. The van der Waals surface area contributed by atoms with Crippen LogP contribution in [0.15, 0.2) is 84.9 Å². The number of rotatable bonds is 5. The minimum atomic E-state index is -1.07. The summed E-state index contributed by atoms with van der Waals surface area (Å²) in [6.07, 6.45) is -1.07. The normalized spacial score (nSPS) is 15.4. The second kappa shape index (κ2) is 16.0. The molecule has 0 radical (unpaired) electrons. The summed E-state index contributed by atoms with van der Waals surface area (Å²) in [5.41, 5.74) is 1.75. The van der Waals surface area contributed by atoms with Crippen LogP contribution < -0.4 is 15.1 Å². The molecule has 0 aliphatic carbocycles. The lowest BCUT2D eigenvalue weighted by molar-refractivity contribution is -0.146.